The Kier molecular flexibility index (Phi) is 8.00. The molecule has 0 bridgehead atoms. The van der Waals surface area contributed by atoms with Gasteiger partial charge in [0.05, 0.1) is 6.54 Å². The zero-order valence-corrected chi connectivity index (χ0v) is 20.7. The number of hydrogen-bond acceptors (Lipinski definition) is 4. The van der Waals surface area contributed by atoms with E-state index in [1.165, 1.54) is 0 Å². The maximum absolute atomic E-state index is 12.7. The van der Waals surface area contributed by atoms with E-state index in [-0.39, 0.29) is 24.3 Å². The number of rotatable bonds is 7. The number of nitrogens with one attached hydrogen (secondary N) is 2. The zero-order valence-electron chi connectivity index (χ0n) is 20.7. The van der Waals surface area contributed by atoms with Gasteiger partial charge in [-0.05, 0) is 79.4 Å². The molecule has 0 radical (unpaired) electrons. The van der Waals surface area contributed by atoms with Crippen molar-refractivity contribution in [1.82, 2.24) is 4.90 Å². The van der Waals surface area contributed by atoms with Crippen LogP contribution in [0.4, 0.5) is 17.1 Å². The van der Waals surface area contributed by atoms with Crippen LogP contribution in [-0.4, -0.2) is 49.3 Å². The number of hydrogen-bond donors (Lipinski definition) is 2. The number of amides is 3. The molecule has 1 fully saturated rings. The predicted octanol–water partition coefficient (Wildman–Crippen LogP) is 4.89. The molecule has 4 rings (SSSR count). The summed E-state index contributed by atoms with van der Waals surface area (Å²) in [5, 5.41) is 5.91. The second-order valence-electron chi connectivity index (χ2n) is 9.23. The van der Waals surface area contributed by atoms with E-state index in [9.17, 15) is 14.4 Å². The molecule has 7 nitrogen and oxygen atoms in total. The van der Waals surface area contributed by atoms with E-state index in [2.05, 4.69) is 17.6 Å². The predicted molar refractivity (Wildman–Crippen MR) is 143 cm³/mol. The largest absolute Gasteiger partial charge is 0.376 e. The molecule has 3 aromatic rings. The molecule has 7 heteroatoms. The monoisotopic (exact) mass is 484 g/mol. The average Bonchev–Trinajstić information content (AvgIpc) is 2.92. The van der Waals surface area contributed by atoms with Crippen LogP contribution >= 0.6 is 0 Å². The minimum absolute atomic E-state index is 0.0584. The van der Waals surface area contributed by atoms with Gasteiger partial charge in [0.2, 0.25) is 5.91 Å². The van der Waals surface area contributed by atoms with Crippen molar-refractivity contribution >= 4 is 34.8 Å². The molecule has 0 unspecified atom stereocenters. The summed E-state index contributed by atoms with van der Waals surface area (Å²) in [6.07, 6.45) is 2.09. The van der Waals surface area contributed by atoms with E-state index < -0.39 is 0 Å². The molecule has 1 aliphatic heterocycles. The molecular formula is C29H32N4O3. The van der Waals surface area contributed by atoms with E-state index in [0.717, 1.165) is 37.3 Å². The van der Waals surface area contributed by atoms with Gasteiger partial charge in [0, 0.05) is 48.3 Å². The SMILES string of the molecule is CC1CCN(C(=O)c2ccc(NCC(=O)Nc3ccc(C(=O)N(C)c4ccccc4)cc3)cc2)CC1. The van der Waals surface area contributed by atoms with Gasteiger partial charge in [0.25, 0.3) is 11.8 Å². The molecule has 2 N–H and O–H groups in total. The molecule has 0 spiro atoms. The van der Waals surface area contributed by atoms with Crippen LogP contribution in [0.3, 0.4) is 0 Å². The third-order valence-corrected chi connectivity index (χ3v) is 6.52. The molecular weight excluding hydrogens is 452 g/mol. The lowest BCUT2D eigenvalue weighted by molar-refractivity contribution is -0.114. The van der Waals surface area contributed by atoms with E-state index in [1.807, 2.05) is 47.4 Å². The molecule has 0 saturated carbocycles. The number of anilines is 3. The number of carbonyl (C=O) groups excluding carboxylic acids is 3. The lowest BCUT2D eigenvalue weighted by Crippen LogP contribution is -2.37. The van der Waals surface area contributed by atoms with Crippen molar-refractivity contribution in [3.8, 4) is 0 Å². The molecule has 1 aliphatic rings. The summed E-state index contributed by atoms with van der Waals surface area (Å²) < 4.78 is 0. The van der Waals surface area contributed by atoms with Crippen LogP contribution in [-0.2, 0) is 4.79 Å². The van der Waals surface area contributed by atoms with Crippen LogP contribution < -0.4 is 15.5 Å². The van der Waals surface area contributed by atoms with E-state index in [0.29, 0.717) is 22.7 Å². The van der Waals surface area contributed by atoms with Crippen LogP contribution in [0.15, 0.2) is 78.9 Å². The minimum Gasteiger partial charge on any atom is -0.376 e. The van der Waals surface area contributed by atoms with Gasteiger partial charge in [0.1, 0.15) is 0 Å². The molecule has 3 aromatic carbocycles. The highest BCUT2D eigenvalue weighted by atomic mass is 16.2. The van der Waals surface area contributed by atoms with Crippen molar-refractivity contribution in [2.24, 2.45) is 5.92 Å². The van der Waals surface area contributed by atoms with Crippen LogP contribution in [0.1, 0.15) is 40.5 Å². The normalized spacial score (nSPS) is 13.7. The maximum Gasteiger partial charge on any atom is 0.258 e. The number of likely N-dealkylation sites (tertiary alicyclic amines) is 1. The summed E-state index contributed by atoms with van der Waals surface area (Å²) in [7, 11) is 1.73. The number of piperidine rings is 1. The van der Waals surface area contributed by atoms with Crippen molar-refractivity contribution in [2.75, 3.05) is 42.2 Å². The molecule has 36 heavy (non-hydrogen) atoms. The molecule has 0 atom stereocenters. The van der Waals surface area contributed by atoms with Crippen molar-refractivity contribution < 1.29 is 14.4 Å². The lowest BCUT2D eigenvalue weighted by atomic mass is 9.98. The van der Waals surface area contributed by atoms with Gasteiger partial charge in [-0.25, -0.2) is 0 Å². The van der Waals surface area contributed by atoms with Gasteiger partial charge < -0.3 is 20.4 Å². The first kappa shape index (κ1) is 25.0. The average molecular weight is 485 g/mol. The highest BCUT2D eigenvalue weighted by Gasteiger charge is 2.21. The summed E-state index contributed by atoms with van der Waals surface area (Å²) in [6, 6.07) is 23.5. The topological polar surface area (TPSA) is 81.8 Å². The summed E-state index contributed by atoms with van der Waals surface area (Å²) in [6.45, 7) is 3.91. The number of benzene rings is 3. The van der Waals surface area contributed by atoms with Gasteiger partial charge >= 0.3 is 0 Å². The Labute approximate surface area is 212 Å². The van der Waals surface area contributed by atoms with Crippen molar-refractivity contribution in [3.63, 3.8) is 0 Å². The third-order valence-electron chi connectivity index (χ3n) is 6.52. The first-order valence-electron chi connectivity index (χ1n) is 12.3. The zero-order chi connectivity index (χ0) is 25.5. The van der Waals surface area contributed by atoms with Gasteiger partial charge in [-0.15, -0.1) is 0 Å². The van der Waals surface area contributed by atoms with Crippen LogP contribution in [0.25, 0.3) is 0 Å². The Morgan fingerprint density at radius 1 is 0.833 bits per heavy atom. The quantitative estimate of drug-likeness (QED) is 0.501. The standard InChI is InChI=1S/C29H32N4O3/c1-21-16-18-33(19-17-21)29(36)23-8-12-24(13-9-23)30-20-27(34)31-25-14-10-22(11-15-25)28(35)32(2)26-6-4-3-5-7-26/h3-15,21,30H,16-20H2,1-2H3,(H,31,34). The summed E-state index contributed by atoms with van der Waals surface area (Å²) >= 11 is 0. The first-order chi connectivity index (χ1) is 17.4. The molecule has 1 heterocycles. The van der Waals surface area contributed by atoms with Gasteiger partial charge in [-0.2, -0.15) is 0 Å². The van der Waals surface area contributed by atoms with Crippen LogP contribution in [0.2, 0.25) is 0 Å². The lowest BCUT2D eigenvalue weighted by Gasteiger charge is -2.30. The fourth-order valence-electron chi connectivity index (χ4n) is 4.17. The third kappa shape index (κ3) is 6.30. The van der Waals surface area contributed by atoms with Gasteiger partial charge in [0.15, 0.2) is 0 Å². The molecule has 3 amide bonds. The van der Waals surface area contributed by atoms with Crippen molar-refractivity contribution in [3.05, 3.63) is 90.0 Å². The Hall–Kier alpha value is -4.13. The highest BCUT2D eigenvalue weighted by Crippen LogP contribution is 2.20. The van der Waals surface area contributed by atoms with E-state index in [1.54, 1.807) is 48.3 Å². The fourth-order valence-corrected chi connectivity index (χ4v) is 4.17. The summed E-state index contributed by atoms with van der Waals surface area (Å²) in [4.78, 5) is 41.3. The Morgan fingerprint density at radius 3 is 2.06 bits per heavy atom. The molecule has 1 saturated heterocycles. The minimum atomic E-state index is -0.210. The second-order valence-corrected chi connectivity index (χ2v) is 9.23. The number of nitrogens with zero attached hydrogens (tertiary/aromatic N) is 2. The van der Waals surface area contributed by atoms with Gasteiger partial charge in [-0.1, -0.05) is 25.1 Å². The Balaban J connectivity index is 1.25. The summed E-state index contributed by atoms with van der Waals surface area (Å²) in [5.74, 6) is 0.396. The molecule has 186 valence electrons. The Bertz CT molecular complexity index is 1190. The molecule has 0 aromatic heterocycles. The second kappa shape index (κ2) is 11.5. The fraction of sp³-hybridized carbons (Fsp3) is 0.276. The van der Waals surface area contributed by atoms with E-state index in [4.69, 9.17) is 0 Å². The number of para-hydroxylation sites is 1. The molecule has 0 aliphatic carbocycles. The smallest absolute Gasteiger partial charge is 0.258 e. The summed E-state index contributed by atoms with van der Waals surface area (Å²) in [5.41, 5.74) is 3.37. The van der Waals surface area contributed by atoms with E-state index >= 15 is 0 Å². The first-order valence-corrected chi connectivity index (χ1v) is 12.3. The van der Waals surface area contributed by atoms with Crippen LogP contribution in [0, 0.1) is 5.92 Å². The van der Waals surface area contributed by atoms with Crippen LogP contribution in [0.5, 0.6) is 0 Å². The Morgan fingerprint density at radius 2 is 1.42 bits per heavy atom. The van der Waals surface area contributed by atoms with Gasteiger partial charge in [-0.3, -0.25) is 14.4 Å². The maximum atomic E-state index is 12.7. The van der Waals surface area contributed by atoms with Crippen molar-refractivity contribution in [1.29, 1.82) is 0 Å². The number of carbonyl (C=O) groups is 3. The highest BCUT2D eigenvalue weighted by molar-refractivity contribution is 6.06. The van der Waals surface area contributed by atoms with Crippen molar-refractivity contribution in [2.45, 2.75) is 19.8 Å².